The van der Waals surface area contributed by atoms with Crippen LogP contribution in [0.5, 0.6) is 0 Å². The molecular weight excluding hydrogens is 406 g/mol. The summed E-state index contributed by atoms with van der Waals surface area (Å²) < 4.78 is 2.19. The summed E-state index contributed by atoms with van der Waals surface area (Å²) in [6.45, 7) is 10.4. The Bertz CT molecular complexity index is 1180. The molecule has 1 N–H and O–H groups in total. The van der Waals surface area contributed by atoms with Crippen molar-refractivity contribution in [2.75, 3.05) is 0 Å². The number of hydrogen-bond acceptors (Lipinski definition) is 4. The van der Waals surface area contributed by atoms with Gasteiger partial charge >= 0.3 is 0 Å². The van der Waals surface area contributed by atoms with Gasteiger partial charge in [-0.05, 0) is 81.6 Å². The molecule has 0 unspecified atom stereocenters. The maximum absolute atomic E-state index is 12.7. The summed E-state index contributed by atoms with van der Waals surface area (Å²) in [4.78, 5) is 17.0. The van der Waals surface area contributed by atoms with Crippen LogP contribution in [0.25, 0.3) is 11.8 Å². The van der Waals surface area contributed by atoms with Gasteiger partial charge in [-0.15, -0.1) is 0 Å². The van der Waals surface area contributed by atoms with E-state index in [0.29, 0.717) is 5.17 Å². The Hall–Kier alpha value is -2.93. The maximum Gasteiger partial charge on any atom is 0.283 e. The number of fused-ring (bicyclic) bond motifs is 1. The molecule has 3 heterocycles. The Balaban J connectivity index is 1.71. The quantitative estimate of drug-likeness (QED) is 0.631. The molecule has 0 radical (unpaired) electrons. The van der Waals surface area contributed by atoms with E-state index in [0.717, 1.165) is 46.9 Å². The molecule has 0 spiro atoms. The summed E-state index contributed by atoms with van der Waals surface area (Å²) in [5.41, 5.74) is 6.82. The second kappa shape index (κ2) is 8.30. The van der Waals surface area contributed by atoms with Gasteiger partial charge in [-0.2, -0.15) is 15.1 Å². The van der Waals surface area contributed by atoms with Crippen LogP contribution < -0.4 is 0 Å². The summed E-state index contributed by atoms with van der Waals surface area (Å²) in [5, 5.41) is 16.0. The highest BCUT2D eigenvalue weighted by Crippen LogP contribution is 2.31. The summed E-state index contributed by atoms with van der Waals surface area (Å²) >= 11 is 1.39. The summed E-state index contributed by atoms with van der Waals surface area (Å²) in [7, 11) is 0. The van der Waals surface area contributed by atoms with Crippen molar-refractivity contribution >= 4 is 39.8 Å². The molecule has 0 atom stereocenters. The van der Waals surface area contributed by atoms with Crippen molar-refractivity contribution in [1.29, 1.82) is 5.41 Å². The lowest BCUT2D eigenvalue weighted by Gasteiger charge is -2.20. The molecule has 1 aromatic heterocycles. The van der Waals surface area contributed by atoms with Gasteiger partial charge in [-0.1, -0.05) is 31.0 Å². The van der Waals surface area contributed by atoms with Crippen molar-refractivity contribution in [3.8, 4) is 5.69 Å². The first-order valence-electron chi connectivity index (χ1n) is 10.6. The minimum atomic E-state index is -0.382. The lowest BCUT2D eigenvalue weighted by atomic mass is 10.1. The second-order valence-corrected chi connectivity index (χ2v) is 9.11. The van der Waals surface area contributed by atoms with E-state index < -0.39 is 0 Å². The normalized spacial score (nSPS) is 17.3. The monoisotopic (exact) mass is 433 g/mol. The minimum absolute atomic E-state index is 0.0883. The van der Waals surface area contributed by atoms with Gasteiger partial charge < -0.3 is 4.57 Å². The van der Waals surface area contributed by atoms with Gasteiger partial charge in [-0.3, -0.25) is 10.2 Å². The van der Waals surface area contributed by atoms with E-state index in [9.17, 15) is 4.79 Å². The largest absolute Gasteiger partial charge is 0.318 e. The van der Waals surface area contributed by atoms with E-state index in [1.54, 1.807) is 6.08 Å². The predicted molar refractivity (Wildman–Crippen MR) is 129 cm³/mol. The van der Waals surface area contributed by atoms with E-state index in [1.165, 1.54) is 27.9 Å². The van der Waals surface area contributed by atoms with Crippen LogP contribution in [0.15, 0.2) is 39.9 Å². The number of nitrogens with one attached hydrogen (secondary N) is 1. The Kier molecular flexibility index (Phi) is 5.71. The van der Waals surface area contributed by atoms with Gasteiger partial charge in [0.2, 0.25) is 5.17 Å². The number of nitrogens with zero attached hydrogens (tertiary/aromatic N) is 4. The molecule has 0 fully saturated rings. The van der Waals surface area contributed by atoms with Gasteiger partial charge in [0.15, 0.2) is 5.84 Å². The minimum Gasteiger partial charge on any atom is -0.318 e. The number of thioether (sulfide) groups is 1. The smallest absolute Gasteiger partial charge is 0.283 e. The van der Waals surface area contributed by atoms with Crippen LogP contribution >= 0.6 is 11.8 Å². The SMILES string of the molecule is CCCCC1=NN2C(=N)C(=Cc3cc(C)n(-c4ccc(C)cc4C)c3C)C(=O)N=C2S1. The molecule has 1 amide bonds. The predicted octanol–water partition coefficient (Wildman–Crippen LogP) is 5.52. The fraction of sp³-hybridized carbons (Fsp3) is 0.333. The number of aliphatic imine (C=N–C) groups is 1. The highest BCUT2D eigenvalue weighted by atomic mass is 32.2. The number of hydrogen-bond donors (Lipinski definition) is 1. The average molecular weight is 434 g/mol. The molecule has 2 aliphatic rings. The average Bonchev–Trinajstić information content (AvgIpc) is 3.24. The topological polar surface area (TPSA) is 73.8 Å². The standard InChI is InChI=1S/C24H27N5OS/c1-6-7-8-21-27-29-22(25)19(23(30)26-24(29)31-21)13-18-12-16(4)28(17(18)5)20-10-9-14(2)11-15(20)3/h9-13,25H,6-8H2,1-5H3. The Morgan fingerprint density at radius 1 is 1.16 bits per heavy atom. The zero-order chi connectivity index (χ0) is 22.3. The van der Waals surface area contributed by atoms with Crippen LogP contribution in [-0.4, -0.2) is 31.5 Å². The number of amidine groups is 2. The number of hydrazone groups is 1. The molecule has 160 valence electrons. The number of amides is 1. The summed E-state index contributed by atoms with van der Waals surface area (Å²) in [6.07, 6.45) is 4.72. The number of aryl methyl sites for hydroxylation is 3. The van der Waals surface area contributed by atoms with Crippen molar-refractivity contribution in [1.82, 2.24) is 9.58 Å². The number of benzene rings is 1. The third-order valence-electron chi connectivity index (χ3n) is 5.60. The molecule has 2 aliphatic heterocycles. The first kappa shape index (κ1) is 21.3. The number of carbonyl (C=O) groups is 1. The van der Waals surface area contributed by atoms with Crippen LogP contribution in [0.2, 0.25) is 0 Å². The lowest BCUT2D eigenvalue weighted by Crippen LogP contribution is -2.35. The number of rotatable bonds is 5. The fourth-order valence-corrected chi connectivity index (χ4v) is 4.90. The highest BCUT2D eigenvalue weighted by Gasteiger charge is 2.35. The Morgan fingerprint density at radius 3 is 2.65 bits per heavy atom. The van der Waals surface area contributed by atoms with E-state index in [1.807, 2.05) is 6.92 Å². The van der Waals surface area contributed by atoms with Crippen LogP contribution in [0.1, 0.15) is 54.3 Å². The summed E-state index contributed by atoms with van der Waals surface area (Å²) in [5.74, 6) is -0.294. The van der Waals surface area contributed by atoms with Crippen molar-refractivity contribution in [2.24, 2.45) is 10.1 Å². The molecule has 1 aromatic carbocycles. The molecule has 2 aromatic rings. The molecular formula is C24H27N5OS. The number of unbranched alkanes of at least 4 members (excludes halogenated alkanes) is 1. The van der Waals surface area contributed by atoms with Gasteiger partial charge in [0.1, 0.15) is 5.04 Å². The van der Waals surface area contributed by atoms with Crippen molar-refractivity contribution in [2.45, 2.75) is 53.9 Å². The molecule has 7 heteroatoms. The molecule has 0 bridgehead atoms. The van der Waals surface area contributed by atoms with E-state index >= 15 is 0 Å². The lowest BCUT2D eigenvalue weighted by molar-refractivity contribution is -0.114. The van der Waals surface area contributed by atoms with Crippen molar-refractivity contribution in [3.05, 3.63) is 57.9 Å². The van der Waals surface area contributed by atoms with E-state index in [2.05, 4.69) is 66.6 Å². The van der Waals surface area contributed by atoms with Crippen LogP contribution in [0, 0.1) is 33.1 Å². The van der Waals surface area contributed by atoms with Gasteiger partial charge in [0.25, 0.3) is 5.91 Å². The van der Waals surface area contributed by atoms with Crippen LogP contribution in [0.4, 0.5) is 0 Å². The first-order chi connectivity index (χ1) is 14.8. The molecule has 0 aliphatic carbocycles. The van der Waals surface area contributed by atoms with Gasteiger partial charge in [-0.25, -0.2) is 0 Å². The highest BCUT2D eigenvalue weighted by molar-refractivity contribution is 8.26. The molecule has 6 nitrogen and oxygen atoms in total. The second-order valence-electron chi connectivity index (χ2n) is 8.07. The molecule has 0 saturated carbocycles. The third kappa shape index (κ3) is 3.90. The molecule has 31 heavy (non-hydrogen) atoms. The summed E-state index contributed by atoms with van der Waals surface area (Å²) in [6, 6.07) is 8.45. The number of aromatic nitrogens is 1. The Morgan fingerprint density at radius 2 is 1.94 bits per heavy atom. The third-order valence-corrected chi connectivity index (χ3v) is 6.57. The van der Waals surface area contributed by atoms with Crippen LogP contribution in [-0.2, 0) is 4.79 Å². The van der Waals surface area contributed by atoms with Gasteiger partial charge in [0.05, 0.1) is 5.57 Å². The first-order valence-corrected chi connectivity index (χ1v) is 11.4. The zero-order valence-electron chi connectivity index (χ0n) is 18.6. The molecule has 0 saturated heterocycles. The maximum atomic E-state index is 12.7. The van der Waals surface area contributed by atoms with E-state index in [-0.39, 0.29) is 17.3 Å². The Labute approximate surface area is 187 Å². The van der Waals surface area contributed by atoms with Gasteiger partial charge in [0, 0.05) is 17.1 Å². The van der Waals surface area contributed by atoms with Crippen molar-refractivity contribution < 1.29 is 4.79 Å². The zero-order valence-corrected chi connectivity index (χ0v) is 19.4. The van der Waals surface area contributed by atoms with E-state index in [4.69, 9.17) is 5.41 Å². The molecule has 4 rings (SSSR count). The number of carbonyl (C=O) groups excluding carboxylic acids is 1. The fourth-order valence-electron chi connectivity index (χ4n) is 3.98. The van der Waals surface area contributed by atoms with Crippen LogP contribution in [0.3, 0.4) is 0 Å². The van der Waals surface area contributed by atoms with Crippen molar-refractivity contribution in [3.63, 3.8) is 0 Å².